The van der Waals surface area contributed by atoms with Crippen LogP contribution >= 0.6 is 0 Å². The standard InChI is InChI=1S/C30H34N6O5/c1-39-27-17-25-26(18-28(27)41-14-2-7-34-12-15-40-16-13-34)32-20-23(21-37)29(25)35-8-10-36(11-9-35)30(38)33-24-5-3-22(19-31)4-6-24/h3-6,17-18,20-21H,2,7-16H2,1H3,(H,33,38). The van der Waals surface area contributed by atoms with Crippen LogP contribution in [0.4, 0.5) is 16.2 Å². The van der Waals surface area contributed by atoms with Gasteiger partial charge in [0.1, 0.15) is 0 Å². The average molecular weight is 559 g/mol. The minimum Gasteiger partial charge on any atom is -0.493 e. The normalized spacial score (nSPS) is 15.8. The van der Waals surface area contributed by atoms with Crippen LogP contribution < -0.4 is 19.7 Å². The maximum Gasteiger partial charge on any atom is 0.321 e. The number of morpholine rings is 1. The third kappa shape index (κ3) is 6.67. The zero-order valence-corrected chi connectivity index (χ0v) is 23.2. The SMILES string of the molecule is COc1cc2c(N3CCN(C(=O)Nc4ccc(C#N)cc4)CC3)c(C=O)cnc2cc1OCCCN1CCOCC1. The Balaban J connectivity index is 1.26. The molecule has 2 fully saturated rings. The molecule has 0 saturated carbocycles. The minimum atomic E-state index is -0.207. The van der Waals surface area contributed by atoms with Crippen molar-refractivity contribution < 1.29 is 23.8 Å². The summed E-state index contributed by atoms with van der Waals surface area (Å²) in [4.78, 5) is 35.6. The van der Waals surface area contributed by atoms with Crippen LogP contribution in [0.3, 0.4) is 0 Å². The molecular weight excluding hydrogens is 524 g/mol. The van der Waals surface area contributed by atoms with Crippen LogP contribution in [0, 0.1) is 11.3 Å². The topological polar surface area (TPSA) is 120 Å². The van der Waals surface area contributed by atoms with Crippen molar-refractivity contribution in [3.63, 3.8) is 0 Å². The molecule has 2 aromatic carbocycles. The number of aldehydes is 1. The number of benzene rings is 2. The first-order valence-corrected chi connectivity index (χ1v) is 13.8. The Hall–Kier alpha value is -4.40. The summed E-state index contributed by atoms with van der Waals surface area (Å²) in [6.45, 7) is 6.98. The van der Waals surface area contributed by atoms with Crippen LogP contribution in [0.2, 0.25) is 0 Å². The summed E-state index contributed by atoms with van der Waals surface area (Å²) in [5, 5.41) is 12.6. The van der Waals surface area contributed by atoms with E-state index in [-0.39, 0.29) is 6.03 Å². The number of urea groups is 1. The van der Waals surface area contributed by atoms with Crippen LogP contribution in [0.1, 0.15) is 22.3 Å². The van der Waals surface area contributed by atoms with Crippen LogP contribution in [-0.2, 0) is 4.74 Å². The maximum atomic E-state index is 12.8. The van der Waals surface area contributed by atoms with Crippen molar-refractivity contribution in [3.05, 3.63) is 53.7 Å². The molecule has 3 heterocycles. The molecule has 2 amide bonds. The molecule has 0 spiro atoms. The van der Waals surface area contributed by atoms with Gasteiger partial charge in [-0.2, -0.15) is 5.26 Å². The Bertz CT molecular complexity index is 1410. The molecule has 214 valence electrons. The molecule has 2 aliphatic rings. The number of fused-ring (bicyclic) bond motifs is 1. The fraction of sp³-hybridized carbons (Fsp3) is 0.400. The van der Waals surface area contributed by atoms with E-state index in [1.807, 2.05) is 12.1 Å². The fourth-order valence-electron chi connectivity index (χ4n) is 5.17. The monoisotopic (exact) mass is 558 g/mol. The first kappa shape index (κ1) is 28.1. The van der Waals surface area contributed by atoms with Gasteiger partial charge in [-0.1, -0.05) is 0 Å². The summed E-state index contributed by atoms with van der Waals surface area (Å²) in [5.41, 5.74) is 3.12. The Morgan fingerprint density at radius 2 is 1.85 bits per heavy atom. The lowest BCUT2D eigenvalue weighted by atomic mass is 10.1. The number of nitriles is 1. The number of nitrogens with zero attached hydrogens (tertiary/aromatic N) is 5. The van der Waals surface area contributed by atoms with E-state index in [0.717, 1.165) is 56.6 Å². The van der Waals surface area contributed by atoms with Gasteiger partial charge in [-0.3, -0.25) is 14.7 Å². The summed E-state index contributed by atoms with van der Waals surface area (Å²) < 4.78 is 17.2. The molecular formula is C30H34N6O5. The maximum absolute atomic E-state index is 12.8. The van der Waals surface area contributed by atoms with Gasteiger partial charge in [-0.05, 0) is 36.8 Å². The van der Waals surface area contributed by atoms with Crippen molar-refractivity contribution in [2.24, 2.45) is 0 Å². The summed E-state index contributed by atoms with van der Waals surface area (Å²) >= 11 is 0. The highest BCUT2D eigenvalue weighted by atomic mass is 16.5. The molecule has 0 bridgehead atoms. The number of piperazine rings is 1. The molecule has 0 radical (unpaired) electrons. The van der Waals surface area contributed by atoms with Crippen molar-refractivity contribution >= 4 is 34.6 Å². The number of aromatic nitrogens is 1. The summed E-state index contributed by atoms with van der Waals surface area (Å²) in [6, 6.07) is 12.4. The molecule has 3 aromatic rings. The highest BCUT2D eigenvalue weighted by molar-refractivity contribution is 6.02. The predicted molar refractivity (Wildman–Crippen MR) is 155 cm³/mol. The van der Waals surface area contributed by atoms with Crippen LogP contribution in [-0.4, -0.2) is 99.8 Å². The molecule has 0 atom stereocenters. The lowest BCUT2D eigenvalue weighted by molar-refractivity contribution is 0.0357. The van der Waals surface area contributed by atoms with Crippen LogP contribution in [0.25, 0.3) is 10.9 Å². The average Bonchev–Trinajstić information content (AvgIpc) is 3.03. The van der Waals surface area contributed by atoms with E-state index in [1.54, 1.807) is 42.5 Å². The van der Waals surface area contributed by atoms with E-state index in [4.69, 9.17) is 19.5 Å². The zero-order chi connectivity index (χ0) is 28.6. The Labute approximate surface area is 239 Å². The second-order valence-corrected chi connectivity index (χ2v) is 9.95. The largest absolute Gasteiger partial charge is 0.493 e. The quantitative estimate of drug-likeness (QED) is 0.311. The number of hydrogen-bond acceptors (Lipinski definition) is 9. The van der Waals surface area contributed by atoms with Crippen molar-refractivity contribution in [2.75, 3.05) is 83.0 Å². The van der Waals surface area contributed by atoms with E-state index >= 15 is 0 Å². The van der Waals surface area contributed by atoms with Gasteiger partial charge >= 0.3 is 6.03 Å². The zero-order valence-electron chi connectivity index (χ0n) is 23.2. The highest BCUT2D eigenvalue weighted by Crippen LogP contribution is 2.37. The minimum absolute atomic E-state index is 0.207. The van der Waals surface area contributed by atoms with Crippen molar-refractivity contribution in [1.82, 2.24) is 14.8 Å². The molecule has 2 aliphatic heterocycles. The van der Waals surface area contributed by atoms with Gasteiger partial charge in [0.25, 0.3) is 0 Å². The second kappa shape index (κ2) is 13.3. The van der Waals surface area contributed by atoms with Gasteiger partial charge in [0.05, 0.1) is 55.3 Å². The van der Waals surface area contributed by atoms with Gasteiger partial charge in [0.2, 0.25) is 0 Å². The number of pyridine rings is 1. The summed E-state index contributed by atoms with van der Waals surface area (Å²) in [7, 11) is 1.60. The number of anilines is 2. The number of ether oxygens (including phenoxy) is 3. The molecule has 0 unspecified atom stereocenters. The summed E-state index contributed by atoms with van der Waals surface area (Å²) in [6.07, 6.45) is 3.28. The number of rotatable bonds is 9. The van der Waals surface area contributed by atoms with Gasteiger partial charge in [0.15, 0.2) is 17.8 Å². The molecule has 11 nitrogen and oxygen atoms in total. The number of hydrogen-bond donors (Lipinski definition) is 1. The van der Waals surface area contributed by atoms with E-state index < -0.39 is 0 Å². The third-order valence-electron chi connectivity index (χ3n) is 7.41. The van der Waals surface area contributed by atoms with Crippen molar-refractivity contribution in [2.45, 2.75) is 6.42 Å². The van der Waals surface area contributed by atoms with E-state index in [2.05, 4.69) is 26.2 Å². The molecule has 5 rings (SSSR count). The number of nitrogens with one attached hydrogen (secondary N) is 1. The Kier molecular flexibility index (Phi) is 9.13. The van der Waals surface area contributed by atoms with Gasteiger partial charge < -0.3 is 29.3 Å². The van der Waals surface area contributed by atoms with E-state index in [0.29, 0.717) is 66.6 Å². The highest BCUT2D eigenvalue weighted by Gasteiger charge is 2.25. The molecule has 11 heteroatoms. The molecule has 1 N–H and O–H groups in total. The van der Waals surface area contributed by atoms with Gasteiger partial charge in [-0.25, -0.2) is 4.79 Å². The number of amides is 2. The number of methoxy groups -OCH3 is 1. The smallest absolute Gasteiger partial charge is 0.321 e. The fourth-order valence-corrected chi connectivity index (χ4v) is 5.17. The molecule has 0 aliphatic carbocycles. The van der Waals surface area contributed by atoms with Crippen LogP contribution in [0.15, 0.2) is 42.6 Å². The van der Waals surface area contributed by atoms with Gasteiger partial charge in [-0.15, -0.1) is 0 Å². The summed E-state index contributed by atoms with van der Waals surface area (Å²) in [5.74, 6) is 1.19. The van der Waals surface area contributed by atoms with E-state index in [1.165, 1.54) is 0 Å². The second-order valence-electron chi connectivity index (χ2n) is 9.95. The van der Waals surface area contributed by atoms with Crippen molar-refractivity contribution in [3.8, 4) is 17.6 Å². The van der Waals surface area contributed by atoms with Gasteiger partial charge in [0, 0.05) is 69.2 Å². The Morgan fingerprint density at radius 3 is 2.54 bits per heavy atom. The molecule has 41 heavy (non-hydrogen) atoms. The first-order valence-electron chi connectivity index (χ1n) is 13.8. The third-order valence-corrected chi connectivity index (χ3v) is 7.41. The van der Waals surface area contributed by atoms with Crippen molar-refractivity contribution in [1.29, 1.82) is 5.26 Å². The Morgan fingerprint density at radius 1 is 1.10 bits per heavy atom. The van der Waals surface area contributed by atoms with Crippen LogP contribution in [0.5, 0.6) is 11.5 Å². The lowest BCUT2D eigenvalue weighted by Gasteiger charge is -2.37. The lowest BCUT2D eigenvalue weighted by Crippen LogP contribution is -2.50. The van der Waals surface area contributed by atoms with E-state index in [9.17, 15) is 9.59 Å². The number of carbonyl (C=O) groups is 2. The molecule has 1 aromatic heterocycles. The first-order chi connectivity index (χ1) is 20.1. The molecule has 2 saturated heterocycles. The predicted octanol–water partition coefficient (Wildman–Crippen LogP) is 3.38. The number of carbonyl (C=O) groups excluding carboxylic acids is 2.